The molecule has 0 heterocycles. The number of rotatable bonds is 7. The van der Waals surface area contributed by atoms with E-state index in [1.165, 1.54) is 0 Å². The van der Waals surface area contributed by atoms with Crippen LogP contribution in [0.5, 0.6) is 0 Å². The average molecular weight is 184 g/mol. The summed E-state index contributed by atoms with van der Waals surface area (Å²) in [4.78, 5) is 21.3. The minimum atomic E-state index is -0.366. The molecule has 4 heteroatoms. The molecule has 0 unspecified atom stereocenters. The van der Waals surface area contributed by atoms with Crippen molar-refractivity contribution in [2.24, 2.45) is 0 Å². The van der Waals surface area contributed by atoms with Crippen molar-refractivity contribution >= 4 is 12.1 Å². The van der Waals surface area contributed by atoms with Crippen LogP contribution in [0.25, 0.3) is 0 Å². The van der Waals surface area contributed by atoms with E-state index in [2.05, 4.69) is 10.9 Å². The quantitative estimate of drug-likeness (QED) is 0.336. The molecule has 0 bridgehead atoms. The standard InChI is InChI=1S/C9H16N2O2/c1-2-3-8(9(13)6-12)11-10-7-4-5-7/h6-8,10-11H,2-5H2,1H3/t8-/m0/s1. The molecule has 0 saturated heterocycles. The third kappa shape index (κ3) is 3.65. The SMILES string of the molecule is CCC[C@H](NNC1CC1)C(=O)C=O. The van der Waals surface area contributed by atoms with E-state index in [1.807, 2.05) is 6.92 Å². The summed E-state index contributed by atoms with van der Waals surface area (Å²) in [5.41, 5.74) is 5.93. The minimum absolute atomic E-state index is 0.344. The van der Waals surface area contributed by atoms with E-state index < -0.39 is 0 Å². The Hall–Kier alpha value is -0.740. The predicted molar refractivity (Wildman–Crippen MR) is 49.1 cm³/mol. The lowest BCUT2D eigenvalue weighted by molar-refractivity contribution is -0.131. The van der Waals surface area contributed by atoms with Gasteiger partial charge in [-0.2, -0.15) is 0 Å². The van der Waals surface area contributed by atoms with E-state index in [1.54, 1.807) is 0 Å². The van der Waals surface area contributed by atoms with Crippen LogP contribution in [-0.2, 0) is 9.59 Å². The van der Waals surface area contributed by atoms with E-state index in [9.17, 15) is 9.59 Å². The maximum atomic E-state index is 11.1. The summed E-state index contributed by atoms with van der Waals surface area (Å²) in [5.74, 6) is -0.366. The highest BCUT2D eigenvalue weighted by atomic mass is 16.2. The molecule has 0 aromatic heterocycles. The molecular formula is C9H16N2O2. The van der Waals surface area contributed by atoms with Crippen molar-refractivity contribution in [3.63, 3.8) is 0 Å². The van der Waals surface area contributed by atoms with Gasteiger partial charge in [-0.05, 0) is 19.3 Å². The zero-order chi connectivity index (χ0) is 9.68. The second-order valence-corrected chi connectivity index (χ2v) is 3.42. The number of nitrogens with one attached hydrogen (secondary N) is 2. The van der Waals surface area contributed by atoms with Gasteiger partial charge in [-0.15, -0.1) is 0 Å². The number of hydrazine groups is 1. The van der Waals surface area contributed by atoms with Crippen LogP contribution in [0.3, 0.4) is 0 Å². The third-order valence-electron chi connectivity index (χ3n) is 2.08. The van der Waals surface area contributed by atoms with Crippen LogP contribution in [-0.4, -0.2) is 24.2 Å². The first-order valence-corrected chi connectivity index (χ1v) is 4.78. The fourth-order valence-corrected chi connectivity index (χ4v) is 1.10. The molecule has 1 aliphatic rings. The van der Waals surface area contributed by atoms with Crippen molar-refractivity contribution in [3.05, 3.63) is 0 Å². The van der Waals surface area contributed by atoms with Gasteiger partial charge in [0.2, 0.25) is 5.78 Å². The summed E-state index contributed by atoms with van der Waals surface area (Å²) in [6.07, 6.45) is 4.30. The fraction of sp³-hybridized carbons (Fsp3) is 0.778. The van der Waals surface area contributed by atoms with Gasteiger partial charge in [0.25, 0.3) is 0 Å². The van der Waals surface area contributed by atoms with Crippen LogP contribution in [0.4, 0.5) is 0 Å². The molecule has 4 nitrogen and oxygen atoms in total. The molecule has 1 fully saturated rings. The van der Waals surface area contributed by atoms with Gasteiger partial charge < -0.3 is 0 Å². The number of ketones is 1. The first kappa shape index (κ1) is 10.3. The summed E-state index contributed by atoms with van der Waals surface area (Å²) in [5, 5.41) is 0. The molecule has 1 rings (SSSR count). The van der Waals surface area contributed by atoms with Gasteiger partial charge >= 0.3 is 0 Å². The maximum absolute atomic E-state index is 11.1. The molecule has 0 radical (unpaired) electrons. The summed E-state index contributed by atoms with van der Waals surface area (Å²) in [6, 6.07) is 0.155. The van der Waals surface area contributed by atoms with Gasteiger partial charge in [-0.25, -0.2) is 5.43 Å². The zero-order valence-electron chi connectivity index (χ0n) is 7.88. The molecule has 2 N–H and O–H groups in total. The Labute approximate surface area is 78.0 Å². The third-order valence-corrected chi connectivity index (χ3v) is 2.08. The van der Waals surface area contributed by atoms with E-state index >= 15 is 0 Å². The molecule has 74 valence electrons. The molecular weight excluding hydrogens is 168 g/mol. The minimum Gasteiger partial charge on any atom is -0.295 e. The van der Waals surface area contributed by atoms with Gasteiger partial charge in [-0.3, -0.25) is 15.0 Å². The van der Waals surface area contributed by atoms with Crippen molar-refractivity contribution in [2.75, 3.05) is 0 Å². The second kappa shape index (κ2) is 5.09. The molecule has 13 heavy (non-hydrogen) atoms. The molecule has 0 aromatic carbocycles. The Morgan fingerprint density at radius 3 is 2.77 bits per heavy atom. The van der Waals surface area contributed by atoms with Crippen LogP contribution < -0.4 is 10.9 Å². The van der Waals surface area contributed by atoms with Gasteiger partial charge in [0, 0.05) is 6.04 Å². The Balaban J connectivity index is 2.26. The number of hydrogen-bond donors (Lipinski definition) is 2. The number of carbonyl (C=O) groups excluding carboxylic acids is 2. The Morgan fingerprint density at radius 2 is 2.31 bits per heavy atom. The molecule has 0 aliphatic heterocycles. The highest BCUT2D eigenvalue weighted by molar-refractivity contribution is 6.27. The van der Waals surface area contributed by atoms with Crippen molar-refractivity contribution in [1.82, 2.24) is 10.9 Å². The van der Waals surface area contributed by atoms with Gasteiger partial charge in [0.15, 0.2) is 6.29 Å². The molecule has 0 aromatic rings. The number of Topliss-reactive ketones (excluding diaryl/α,β-unsaturated/α-hetero) is 1. The average Bonchev–Trinajstić information content (AvgIpc) is 2.94. The molecule has 0 spiro atoms. The van der Waals surface area contributed by atoms with Crippen LogP contribution >= 0.6 is 0 Å². The lowest BCUT2D eigenvalue weighted by Crippen LogP contribution is -2.46. The van der Waals surface area contributed by atoms with E-state index in [0.717, 1.165) is 19.3 Å². The van der Waals surface area contributed by atoms with Crippen LogP contribution in [0.1, 0.15) is 32.6 Å². The van der Waals surface area contributed by atoms with E-state index in [4.69, 9.17) is 0 Å². The van der Waals surface area contributed by atoms with E-state index in [-0.39, 0.29) is 11.8 Å². The second-order valence-electron chi connectivity index (χ2n) is 3.42. The van der Waals surface area contributed by atoms with Crippen LogP contribution in [0.2, 0.25) is 0 Å². The maximum Gasteiger partial charge on any atom is 0.213 e. The van der Waals surface area contributed by atoms with Crippen molar-refractivity contribution < 1.29 is 9.59 Å². The first-order chi connectivity index (χ1) is 6.27. The Kier molecular flexibility index (Phi) is 4.05. The van der Waals surface area contributed by atoms with E-state index in [0.29, 0.717) is 18.7 Å². The van der Waals surface area contributed by atoms with Crippen molar-refractivity contribution in [2.45, 2.75) is 44.7 Å². The lowest BCUT2D eigenvalue weighted by Gasteiger charge is -2.14. The Morgan fingerprint density at radius 1 is 1.62 bits per heavy atom. The smallest absolute Gasteiger partial charge is 0.213 e. The summed E-state index contributed by atoms with van der Waals surface area (Å²) >= 11 is 0. The monoisotopic (exact) mass is 184 g/mol. The lowest BCUT2D eigenvalue weighted by atomic mass is 10.1. The van der Waals surface area contributed by atoms with Crippen molar-refractivity contribution in [1.29, 1.82) is 0 Å². The number of aldehydes is 1. The van der Waals surface area contributed by atoms with Crippen LogP contribution in [0.15, 0.2) is 0 Å². The highest BCUT2D eigenvalue weighted by Gasteiger charge is 2.23. The highest BCUT2D eigenvalue weighted by Crippen LogP contribution is 2.17. The first-order valence-electron chi connectivity index (χ1n) is 4.78. The van der Waals surface area contributed by atoms with Gasteiger partial charge in [0.1, 0.15) is 0 Å². The fourth-order valence-electron chi connectivity index (χ4n) is 1.10. The predicted octanol–water partition coefficient (Wildman–Crippen LogP) is 0.180. The largest absolute Gasteiger partial charge is 0.295 e. The van der Waals surface area contributed by atoms with Gasteiger partial charge in [-0.1, -0.05) is 13.3 Å². The van der Waals surface area contributed by atoms with Crippen LogP contribution in [0, 0.1) is 0 Å². The summed E-state index contributed by atoms with van der Waals surface area (Å²) in [7, 11) is 0. The molecule has 1 aliphatic carbocycles. The normalized spacial score (nSPS) is 18.2. The zero-order valence-corrected chi connectivity index (χ0v) is 7.88. The topological polar surface area (TPSA) is 58.2 Å². The summed E-state index contributed by atoms with van der Waals surface area (Å²) < 4.78 is 0. The molecule has 1 saturated carbocycles. The summed E-state index contributed by atoms with van der Waals surface area (Å²) in [6.45, 7) is 1.99. The number of hydrogen-bond acceptors (Lipinski definition) is 4. The molecule has 0 amide bonds. The number of carbonyl (C=O) groups is 2. The van der Waals surface area contributed by atoms with Gasteiger partial charge in [0.05, 0.1) is 6.04 Å². The van der Waals surface area contributed by atoms with Crippen molar-refractivity contribution in [3.8, 4) is 0 Å². The molecule has 1 atom stereocenters. The Bertz CT molecular complexity index is 190.